The lowest BCUT2D eigenvalue weighted by Crippen LogP contribution is -2.22. The van der Waals surface area contributed by atoms with Crippen molar-refractivity contribution in [1.29, 1.82) is 0 Å². The average Bonchev–Trinajstić information content (AvgIpc) is 2.61. The maximum atomic E-state index is 4.30. The fourth-order valence-corrected chi connectivity index (χ4v) is 1.53. The highest BCUT2D eigenvalue weighted by Crippen LogP contribution is 2.19. The van der Waals surface area contributed by atoms with E-state index in [1.54, 1.807) is 6.33 Å². The Labute approximate surface area is 105 Å². The monoisotopic (exact) mass is 238 g/mol. The molecule has 1 aromatic heterocycles. The van der Waals surface area contributed by atoms with Gasteiger partial charge in [0.1, 0.15) is 12.2 Å². The van der Waals surface area contributed by atoms with Crippen LogP contribution >= 0.6 is 0 Å². The lowest BCUT2D eigenvalue weighted by Gasteiger charge is -2.18. The SMILES string of the molecule is CC(C)CNCc1ncnn1CCC(C)(C)C. The Morgan fingerprint density at radius 2 is 2.06 bits per heavy atom. The van der Waals surface area contributed by atoms with Gasteiger partial charge in [0.25, 0.3) is 0 Å². The van der Waals surface area contributed by atoms with E-state index in [0.29, 0.717) is 11.3 Å². The minimum atomic E-state index is 0.342. The molecule has 17 heavy (non-hydrogen) atoms. The summed E-state index contributed by atoms with van der Waals surface area (Å²) in [6.45, 7) is 13.9. The standard InChI is InChI=1S/C13H26N4/c1-11(2)8-14-9-12-15-10-16-17(12)7-6-13(3,4)5/h10-11,14H,6-9H2,1-5H3. The van der Waals surface area contributed by atoms with E-state index < -0.39 is 0 Å². The molecule has 98 valence electrons. The van der Waals surface area contributed by atoms with Gasteiger partial charge in [-0.05, 0) is 24.3 Å². The van der Waals surface area contributed by atoms with Crippen molar-refractivity contribution < 1.29 is 0 Å². The predicted molar refractivity (Wildman–Crippen MR) is 70.6 cm³/mol. The van der Waals surface area contributed by atoms with Crippen LogP contribution in [0.5, 0.6) is 0 Å². The van der Waals surface area contributed by atoms with E-state index in [4.69, 9.17) is 0 Å². The molecule has 1 heterocycles. The van der Waals surface area contributed by atoms with Gasteiger partial charge in [-0.2, -0.15) is 5.10 Å². The first-order chi connectivity index (χ1) is 7.88. The van der Waals surface area contributed by atoms with E-state index in [-0.39, 0.29) is 0 Å². The molecule has 0 atom stereocenters. The quantitative estimate of drug-likeness (QED) is 0.828. The van der Waals surface area contributed by atoms with E-state index >= 15 is 0 Å². The number of hydrogen-bond donors (Lipinski definition) is 1. The summed E-state index contributed by atoms with van der Waals surface area (Å²) in [4.78, 5) is 4.30. The number of aromatic nitrogens is 3. The Kier molecular flexibility index (Phi) is 5.12. The highest BCUT2D eigenvalue weighted by Gasteiger charge is 2.12. The highest BCUT2D eigenvalue weighted by atomic mass is 15.3. The summed E-state index contributed by atoms with van der Waals surface area (Å²) in [5, 5.41) is 7.68. The Morgan fingerprint density at radius 1 is 1.35 bits per heavy atom. The molecule has 0 fully saturated rings. The highest BCUT2D eigenvalue weighted by molar-refractivity contribution is 4.84. The van der Waals surface area contributed by atoms with Crippen molar-refractivity contribution in [3.05, 3.63) is 12.2 Å². The first-order valence-corrected chi connectivity index (χ1v) is 6.46. The lowest BCUT2D eigenvalue weighted by molar-refractivity contribution is 0.336. The van der Waals surface area contributed by atoms with E-state index in [2.05, 4.69) is 50.0 Å². The molecule has 1 N–H and O–H groups in total. The van der Waals surface area contributed by atoms with Crippen LogP contribution in [0.3, 0.4) is 0 Å². The van der Waals surface area contributed by atoms with Crippen LogP contribution < -0.4 is 5.32 Å². The molecule has 0 amide bonds. The molecule has 1 aromatic rings. The third-order valence-electron chi connectivity index (χ3n) is 2.61. The molecular weight excluding hydrogens is 212 g/mol. The summed E-state index contributed by atoms with van der Waals surface area (Å²) in [6.07, 6.45) is 2.77. The van der Waals surface area contributed by atoms with Crippen LogP contribution in [0.4, 0.5) is 0 Å². The first kappa shape index (κ1) is 14.2. The molecule has 0 spiro atoms. The van der Waals surface area contributed by atoms with Crippen molar-refractivity contribution in [2.75, 3.05) is 6.54 Å². The Bertz CT molecular complexity index is 322. The minimum absolute atomic E-state index is 0.342. The molecule has 0 aliphatic carbocycles. The van der Waals surface area contributed by atoms with Gasteiger partial charge in [-0.25, -0.2) is 9.67 Å². The van der Waals surface area contributed by atoms with Gasteiger partial charge in [0, 0.05) is 6.54 Å². The summed E-state index contributed by atoms with van der Waals surface area (Å²) in [5.74, 6) is 1.70. The normalized spacial score (nSPS) is 12.4. The topological polar surface area (TPSA) is 42.7 Å². The first-order valence-electron chi connectivity index (χ1n) is 6.46. The molecule has 1 rings (SSSR count). The fourth-order valence-electron chi connectivity index (χ4n) is 1.53. The number of rotatable bonds is 6. The molecule has 0 unspecified atom stereocenters. The summed E-state index contributed by atoms with van der Waals surface area (Å²) in [5.41, 5.74) is 0.342. The molecular formula is C13H26N4. The van der Waals surface area contributed by atoms with Gasteiger partial charge in [0.05, 0.1) is 6.54 Å². The van der Waals surface area contributed by atoms with Crippen LogP contribution in [0.2, 0.25) is 0 Å². The molecule has 4 nitrogen and oxygen atoms in total. The molecule has 0 aliphatic heterocycles. The fraction of sp³-hybridized carbons (Fsp3) is 0.846. The zero-order valence-corrected chi connectivity index (χ0v) is 11.8. The smallest absolute Gasteiger partial charge is 0.140 e. The second-order valence-electron chi connectivity index (χ2n) is 6.23. The average molecular weight is 238 g/mol. The Balaban J connectivity index is 2.43. The van der Waals surface area contributed by atoms with Crippen LogP contribution in [-0.2, 0) is 13.1 Å². The summed E-state index contributed by atoms with van der Waals surface area (Å²) >= 11 is 0. The van der Waals surface area contributed by atoms with E-state index in [0.717, 1.165) is 31.9 Å². The largest absolute Gasteiger partial charge is 0.310 e. The molecule has 0 saturated carbocycles. The van der Waals surface area contributed by atoms with Crippen LogP contribution in [0.25, 0.3) is 0 Å². The summed E-state index contributed by atoms with van der Waals surface area (Å²) in [6, 6.07) is 0. The van der Waals surface area contributed by atoms with Gasteiger partial charge >= 0.3 is 0 Å². The van der Waals surface area contributed by atoms with Crippen molar-refractivity contribution in [1.82, 2.24) is 20.1 Å². The van der Waals surface area contributed by atoms with Crippen molar-refractivity contribution in [2.45, 2.75) is 54.1 Å². The Hall–Kier alpha value is -0.900. The number of nitrogens with one attached hydrogen (secondary N) is 1. The second-order valence-corrected chi connectivity index (χ2v) is 6.23. The van der Waals surface area contributed by atoms with Gasteiger partial charge in [-0.3, -0.25) is 0 Å². The maximum absolute atomic E-state index is 4.30. The van der Waals surface area contributed by atoms with Crippen LogP contribution in [0, 0.1) is 11.3 Å². The Morgan fingerprint density at radius 3 is 2.65 bits per heavy atom. The minimum Gasteiger partial charge on any atom is -0.310 e. The van der Waals surface area contributed by atoms with Gasteiger partial charge in [0.15, 0.2) is 0 Å². The van der Waals surface area contributed by atoms with Crippen LogP contribution in [0.1, 0.15) is 46.9 Å². The summed E-state index contributed by atoms with van der Waals surface area (Å²) in [7, 11) is 0. The molecule has 4 heteroatoms. The van der Waals surface area contributed by atoms with Gasteiger partial charge in [0.2, 0.25) is 0 Å². The predicted octanol–water partition coefficient (Wildman–Crippen LogP) is 2.46. The van der Waals surface area contributed by atoms with Crippen molar-refractivity contribution in [3.8, 4) is 0 Å². The zero-order valence-electron chi connectivity index (χ0n) is 11.8. The molecule has 0 bridgehead atoms. The number of aryl methyl sites for hydroxylation is 1. The number of nitrogens with zero attached hydrogens (tertiary/aromatic N) is 3. The third kappa shape index (κ3) is 5.82. The van der Waals surface area contributed by atoms with Crippen LogP contribution in [-0.4, -0.2) is 21.3 Å². The zero-order chi connectivity index (χ0) is 12.9. The molecule has 0 radical (unpaired) electrons. The second kappa shape index (κ2) is 6.15. The van der Waals surface area contributed by atoms with E-state index in [1.807, 2.05) is 4.68 Å². The van der Waals surface area contributed by atoms with Crippen molar-refractivity contribution in [2.24, 2.45) is 11.3 Å². The molecule has 0 saturated heterocycles. The molecule has 0 aromatic carbocycles. The van der Waals surface area contributed by atoms with Crippen LogP contribution in [0.15, 0.2) is 6.33 Å². The van der Waals surface area contributed by atoms with E-state index in [9.17, 15) is 0 Å². The van der Waals surface area contributed by atoms with Crippen molar-refractivity contribution >= 4 is 0 Å². The van der Waals surface area contributed by atoms with Gasteiger partial charge in [-0.1, -0.05) is 34.6 Å². The van der Waals surface area contributed by atoms with Gasteiger partial charge in [-0.15, -0.1) is 0 Å². The van der Waals surface area contributed by atoms with Gasteiger partial charge < -0.3 is 5.32 Å². The summed E-state index contributed by atoms with van der Waals surface area (Å²) < 4.78 is 2.01. The lowest BCUT2D eigenvalue weighted by atomic mass is 9.92. The van der Waals surface area contributed by atoms with E-state index in [1.165, 1.54) is 0 Å². The van der Waals surface area contributed by atoms with Crippen molar-refractivity contribution in [3.63, 3.8) is 0 Å². The third-order valence-corrected chi connectivity index (χ3v) is 2.61. The molecule has 0 aliphatic rings. The maximum Gasteiger partial charge on any atom is 0.140 e. The number of hydrogen-bond acceptors (Lipinski definition) is 3.